The number of carbonyl (C=O) groups is 2. The first kappa shape index (κ1) is 17.8. The van der Waals surface area contributed by atoms with Gasteiger partial charge in [0.25, 0.3) is 5.91 Å². The highest BCUT2D eigenvalue weighted by Gasteiger charge is 2.46. The standard InChI is InChI=1S/C15H23N3O4S2/c1-15(13(19)16-14(20)17-15)10-24(21,22)18-6-2-11(3-7-18)12-4-8-23-9-5-12/h2,12H,3-10H2,1H3,(H2,16,17,19,20)/t15-/m1/s1. The van der Waals surface area contributed by atoms with Crippen LogP contribution in [0.5, 0.6) is 0 Å². The Labute approximate surface area is 146 Å². The Balaban J connectivity index is 1.65. The summed E-state index contributed by atoms with van der Waals surface area (Å²) in [5, 5.41) is 4.51. The summed E-state index contributed by atoms with van der Waals surface area (Å²) < 4.78 is 26.7. The summed E-state index contributed by atoms with van der Waals surface area (Å²) in [6.07, 6.45) is 5.14. The normalized spacial score (nSPS) is 30.0. The van der Waals surface area contributed by atoms with E-state index in [0.29, 0.717) is 19.0 Å². The van der Waals surface area contributed by atoms with E-state index < -0.39 is 33.3 Å². The number of nitrogens with one attached hydrogen (secondary N) is 2. The van der Waals surface area contributed by atoms with Crippen LogP contribution in [0.4, 0.5) is 4.79 Å². The minimum atomic E-state index is -3.63. The first-order valence-corrected chi connectivity index (χ1v) is 10.9. The Hall–Kier alpha value is -1.06. The molecule has 2 fully saturated rings. The number of thioether (sulfide) groups is 1. The summed E-state index contributed by atoms with van der Waals surface area (Å²) in [6.45, 7) is 2.24. The van der Waals surface area contributed by atoms with E-state index in [2.05, 4.69) is 10.6 Å². The minimum Gasteiger partial charge on any atom is -0.322 e. The maximum atomic E-state index is 12.6. The van der Waals surface area contributed by atoms with Crippen LogP contribution < -0.4 is 10.6 Å². The Kier molecular flexibility index (Phi) is 4.94. The fourth-order valence-electron chi connectivity index (χ4n) is 3.50. The summed E-state index contributed by atoms with van der Waals surface area (Å²) in [5.74, 6) is 1.94. The lowest BCUT2D eigenvalue weighted by Gasteiger charge is -2.32. The first-order valence-electron chi connectivity index (χ1n) is 8.18. The summed E-state index contributed by atoms with van der Waals surface area (Å²) in [7, 11) is -3.63. The summed E-state index contributed by atoms with van der Waals surface area (Å²) in [5.41, 5.74) is -0.0274. The van der Waals surface area contributed by atoms with E-state index in [9.17, 15) is 18.0 Å². The van der Waals surface area contributed by atoms with Gasteiger partial charge in [-0.1, -0.05) is 11.6 Å². The van der Waals surface area contributed by atoms with Crippen molar-refractivity contribution in [2.45, 2.75) is 31.7 Å². The predicted molar refractivity (Wildman–Crippen MR) is 93.2 cm³/mol. The second kappa shape index (κ2) is 6.68. The minimum absolute atomic E-state index is 0.354. The maximum absolute atomic E-state index is 12.6. The fourth-order valence-corrected chi connectivity index (χ4v) is 6.39. The number of hydrogen-bond donors (Lipinski definition) is 2. The fraction of sp³-hybridized carbons (Fsp3) is 0.733. The molecular weight excluding hydrogens is 350 g/mol. The topological polar surface area (TPSA) is 95.6 Å². The molecule has 3 rings (SSSR count). The molecule has 0 spiro atoms. The molecule has 134 valence electrons. The molecule has 9 heteroatoms. The van der Waals surface area contributed by atoms with Crippen molar-refractivity contribution < 1.29 is 18.0 Å². The average molecular weight is 374 g/mol. The molecule has 0 bridgehead atoms. The zero-order chi connectivity index (χ0) is 17.4. The smallest absolute Gasteiger partial charge is 0.322 e. The van der Waals surface area contributed by atoms with E-state index in [4.69, 9.17) is 0 Å². The van der Waals surface area contributed by atoms with Crippen LogP contribution >= 0.6 is 11.8 Å². The third-order valence-electron chi connectivity index (χ3n) is 4.93. The Bertz CT molecular complexity index is 670. The van der Waals surface area contributed by atoms with Crippen molar-refractivity contribution in [1.82, 2.24) is 14.9 Å². The monoisotopic (exact) mass is 373 g/mol. The molecule has 1 atom stereocenters. The van der Waals surface area contributed by atoms with Gasteiger partial charge in [-0.3, -0.25) is 10.1 Å². The van der Waals surface area contributed by atoms with Crippen molar-refractivity contribution in [3.63, 3.8) is 0 Å². The molecule has 0 aromatic heterocycles. The van der Waals surface area contributed by atoms with Crippen LogP contribution in [0.15, 0.2) is 11.6 Å². The van der Waals surface area contributed by atoms with Crippen molar-refractivity contribution in [2.24, 2.45) is 5.92 Å². The number of amides is 3. The van der Waals surface area contributed by atoms with Crippen molar-refractivity contribution in [2.75, 3.05) is 30.3 Å². The van der Waals surface area contributed by atoms with Gasteiger partial charge in [0, 0.05) is 13.1 Å². The van der Waals surface area contributed by atoms with Gasteiger partial charge in [0.1, 0.15) is 5.54 Å². The first-order chi connectivity index (χ1) is 11.3. The lowest BCUT2D eigenvalue weighted by molar-refractivity contribution is -0.122. The van der Waals surface area contributed by atoms with Crippen molar-refractivity contribution in [3.05, 3.63) is 11.6 Å². The number of nitrogens with zero attached hydrogens (tertiary/aromatic N) is 1. The molecule has 2 N–H and O–H groups in total. The summed E-state index contributed by atoms with van der Waals surface area (Å²) >= 11 is 1.98. The van der Waals surface area contributed by atoms with Crippen LogP contribution in [0.1, 0.15) is 26.2 Å². The molecule has 0 unspecified atom stereocenters. The third kappa shape index (κ3) is 3.62. The van der Waals surface area contributed by atoms with E-state index in [0.717, 1.165) is 6.42 Å². The Morgan fingerprint density at radius 2 is 2.04 bits per heavy atom. The number of imide groups is 1. The molecule has 0 aliphatic carbocycles. The lowest BCUT2D eigenvalue weighted by Crippen LogP contribution is -2.53. The average Bonchev–Trinajstić information content (AvgIpc) is 2.79. The van der Waals surface area contributed by atoms with Gasteiger partial charge in [0.05, 0.1) is 5.75 Å². The van der Waals surface area contributed by atoms with Crippen LogP contribution in [-0.4, -0.2) is 60.5 Å². The molecule has 7 nitrogen and oxygen atoms in total. The maximum Gasteiger partial charge on any atom is 0.322 e. The van der Waals surface area contributed by atoms with Gasteiger partial charge < -0.3 is 5.32 Å². The van der Waals surface area contributed by atoms with Gasteiger partial charge in [-0.05, 0) is 43.6 Å². The molecule has 3 amide bonds. The van der Waals surface area contributed by atoms with E-state index >= 15 is 0 Å². The van der Waals surface area contributed by atoms with Crippen LogP contribution in [0.25, 0.3) is 0 Å². The number of rotatable bonds is 4. The SMILES string of the molecule is C[C@]1(CS(=O)(=O)N2CC=C(C3CCSCC3)CC2)NC(=O)NC1=O. The highest BCUT2D eigenvalue weighted by molar-refractivity contribution is 7.99. The van der Waals surface area contributed by atoms with Gasteiger partial charge in [-0.15, -0.1) is 0 Å². The van der Waals surface area contributed by atoms with E-state index in [1.165, 1.54) is 41.1 Å². The predicted octanol–water partition coefficient (Wildman–Crippen LogP) is 0.690. The van der Waals surface area contributed by atoms with E-state index in [1.54, 1.807) is 0 Å². The molecule has 0 aromatic rings. The molecule has 3 heterocycles. The van der Waals surface area contributed by atoms with Gasteiger partial charge in [0.15, 0.2) is 0 Å². The highest BCUT2D eigenvalue weighted by Crippen LogP contribution is 2.32. The van der Waals surface area contributed by atoms with Crippen LogP contribution in [-0.2, 0) is 14.8 Å². The number of carbonyl (C=O) groups excluding carboxylic acids is 2. The van der Waals surface area contributed by atoms with Crippen LogP contribution in [0, 0.1) is 5.92 Å². The Morgan fingerprint density at radius 1 is 1.33 bits per heavy atom. The van der Waals surface area contributed by atoms with Crippen LogP contribution in [0.3, 0.4) is 0 Å². The number of urea groups is 1. The molecule has 2 saturated heterocycles. The zero-order valence-corrected chi connectivity index (χ0v) is 15.3. The highest BCUT2D eigenvalue weighted by atomic mass is 32.2. The van der Waals surface area contributed by atoms with Gasteiger partial charge in [-0.25, -0.2) is 13.2 Å². The number of hydrogen-bond acceptors (Lipinski definition) is 5. The molecule has 0 aromatic carbocycles. The second-order valence-corrected chi connectivity index (χ2v) is 9.96. The van der Waals surface area contributed by atoms with Gasteiger partial charge >= 0.3 is 6.03 Å². The van der Waals surface area contributed by atoms with E-state index in [-0.39, 0.29) is 0 Å². The van der Waals surface area contributed by atoms with Crippen molar-refractivity contribution in [1.29, 1.82) is 0 Å². The lowest BCUT2D eigenvalue weighted by atomic mass is 9.89. The molecule has 0 saturated carbocycles. The van der Waals surface area contributed by atoms with Crippen molar-refractivity contribution >= 4 is 33.7 Å². The van der Waals surface area contributed by atoms with Crippen molar-refractivity contribution in [3.8, 4) is 0 Å². The van der Waals surface area contributed by atoms with E-state index in [1.807, 2.05) is 17.8 Å². The number of sulfonamides is 1. The van der Waals surface area contributed by atoms with Gasteiger partial charge in [-0.2, -0.15) is 16.1 Å². The molecule has 24 heavy (non-hydrogen) atoms. The summed E-state index contributed by atoms with van der Waals surface area (Å²) in [4.78, 5) is 23.1. The molecule has 0 radical (unpaired) electrons. The third-order valence-corrected chi connectivity index (χ3v) is 8.04. The van der Waals surface area contributed by atoms with Gasteiger partial charge in [0.2, 0.25) is 10.0 Å². The second-order valence-electron chi connectivity index (χ2n) is 6.77. The molecule has 3 aliphatic rings. The Morgan fingerprint density at radius 3 is 2.58 bits per heavy atom. The zero-order valence-electron chi connectivity index (χ0n) is 13.7. The summed E-state index contributed by atoms with van der Waals surface area (Å²) in [6, 6.07) is -0.645. The molecular formula is C15H23N3O4S2. The van der Waals surface area contributed by atoms with Crippen LogP contribution in [0.2, 0.25) is 0 Å². The largest absolute Gasteiger partial charge is 0.322 e. The quantitative estimate of drug-likeness (QED) is 0.558. The molecule has 3 aliphatic heterocycles.